The first-order chi connectivity index (χ1) is 34.2. The molecule has 2 aliphatic carbocycles. The van der Waals surface area contributed by atoms with Gasteiger partial charge in [0.2, 0.25) is 0 Å². The van der Waals surface area contributed by atoms with E-state index in [4.69, 9.17) is 8.83 Å². The van der Waals surface area contributed by atoms with Crippen molar-refractivity contribution < 1.29 is 8.83 Å². The number of rotatable bonds is 4. The molecule has 0 unspecified atom stereocenters. The van der Waals surface area contributed by atoms with Crippen LogP contribution in [0.3, 0.4) is 0 Å². The van der Waals surface area contributed by atoms with Gasteiger partial charge >= 0.3 is 0 Å². The van der Waals surface area contributed by atoms with Gasteiger partial charge in [-0.1, -0.05) is 210 Å². The highest BCUT2D eigenvalue weighted by atomic mass is 16.3. The molecule has 70 heavy (non-hydrogen) atoms. The van der Waals surface area contributed by atoms with E-state index in [0.29, 0.717) is 0 Å². The van der Waals surface area contributed by atoms with Crippen LogP contribution in [0.1, 0.15) is 49.9 Å². The van der Waals surface area contributed by atoms with Crippen molar-refractivity contribution in [1.29, 1.82) is 0 Å². The molecule has 2 aliphatic rings. The zero-order valence-electron chi connectivity index (χ0n) is 39.4. The minimum absolute atomic E-state index is 0.340. The molecule has 2 heterocycles. The normalized spacial score (nSPS) is 14.2. The van der Waals surface area contributed by atoms with Gasteiger partial charge in [0, 0.05) is 43.5 Å². The first-order valence-corrected chi connectivity index (χ1v) is 24.6. The predicted octanol–water partition coefficient (Wildman–Crippen LogP) is 19.1. The maximum atomic E-state index is 7.09. The summed E-state index contributed by atoms with van der Waals surface area (Å²) < 4.78 is 14.1. The summed E-state index contributed by atoms with van der Waals surface area (Å²) in [4.78, 5) is 0. The summed E-state index contributed by atoms with van der Waals surface area (Å²) in [6.07, 6.45) is 0. The Hall–Kier alpha value is -8.46. The fourth-order valence-electron chi connectivity index (χ4n) is 13.0. The van der Waals surface area contributed by atoms with E-state index in [1.165, 1.54) is 110 Å². The Morgan fingerprint density at radius 1 is 0.300 bits per heavy atom. The summed E-state index contributed by atoms with van der Waals surface area (Å²) in [5.41, 5.74) is 23.0. The van der Waals surface area contributed by atoms with Crippen LogP contribution in [0.15, 0.2) is 215 Å². The first kappa shape index (κ1) is 39.5. The smallest absolute Gasteiger partial charge is 0.144 e. The number of fused-ring (bicyclic) bond motifs is 17. The lowest BCUT2D eigenvalue weighted by Gasteiger charge is -2.31. The largest absolute Gasteiger partial charge is 0.455 e. The van der Waals surface area contributed by atoms with E-state index in [2.05, 4.69) is 234 Å². The third kappa shape index (κ3) is 5.28. The average Bonchev–Trinajstić information content (AvgIpc) is 4.11. The Morgan fingerprint density at radius 3 is 1.26 bits per heavy atom. The van der Waals surface area contributed by atoms with Gasteiger partial charge in [0.15, 0.2) is 0 Å². The molecular weight excluding hydrogens is 849 g/mol. The van der Waals surface area contributed by atoms with Crippen molar-refractivity contribution in [3.05, 3.63) is 229 Å². The van der Waals surface area contributed by atoms with Gasteiger partial charge in [-0.25, -0.2) is 0 Å². The van der Waals surface area contributed by atoms with Crippen molar-refractivity contribution in [3.8, 4) is 66.8 Å². The summed E-state index contributed by atoms with van der Waals surface area (Å²) in [6.45, 7) is 9.76. The van der Waals surface area contributed by atoms with Crippen LogP contribution < -0.4 is 0 Å². The second-order valence-corrected chi connectivity index (χ2v) is 20.7. The van der Waals surface area contributed by atoms with Crippen molar-refractivity contribution in [2.45, 2.75) is 38.5 Å². The van der Waals surface area contributed by atoms with Gasteiger partial charge in [0.25, 0.3) is 0 Å². The summed E-state index contributed by atoms with van der Waals surface area (Å²) >= 11 is 0. The van der Waals surface area contributed by atoms with Crippen LogP contribution in [-0.2, 0) is 10.8 Å². The molecule has 15 rings (SSSR count). The van der Waals surface area contributed by atoms with Gasteiger partial charge in [-0.2, -0.15) is 0 Å². The molecule has 0 amide bonds. The fraction of sp³-hybridized carbons (Fsp3) is 0.0882. The van der Waals surface area contributed by atoms with E-state index in [0.717, 1.165) is 44.2 Å². The molecule has 2 aromatic heterocycles. The van der Waals surface area contributed by atoms with Crippen LogP contribution in [0.25, 0.3) is 132 Å². The molecule has 0 fully saturated rings. The minimum Gasteiger partial charge on any atom is -0.455 e. The van der Waals surface area contributed by atoms with Crippen LogP contribution in [-0.4, -0.2) is 0 Å². The maximum absolute atomic E-state index is 7.09. The molecule has 330 valence electrons. The van der Waals surface area contributed by atoms with Gasteiger partial charge in [-0.05, 0) is 124 Å². The van der Waals surface area contributed by atoms with E-state index in [-0.39, 0.29) is 10.8 Å². The van der Waals surface area contributed by atoms with Gasteiger partial charge in [-0.15, -0.1) is 0 Å². The van der Waals surface area contributed by atoms with Gasteiger partial charge in [0.1, 0.15) is 22.3 Å². The number of para-hydroxylation sites is 2. The summed E-state index contributed by atoms with van der Waals surface area (Å²) in [6, 6.07) is 75.7. The van der Waals surface area contributed by atoms with E-state index >= 15 is 0 Å². The molecule has 0 bridgehead atoms. The molecule has 0 saturated heterocycles. The molecule has 0 atom stereocenters. The Balaban J connectivity index is 0.920. The van der Waals surface area contributed by atoms with Crippen molar-refractivity contribution in [1.82, 2.24) is 0 Å². The SMILES string of the molecule is CC1(C)c2cc(-c3ccc(-c4cccc5ccccc45)cc3)c3c(oc4ccccc43)c2-c2ccc3c(c21)C(C)(C)c1cc(-c2ccc(-c4cccc5ccccc45)cc2)c2oc4ccccc4c2c1-3. The van der Waals surface area contributed by atoms with Crippen LogP contribution in [0.2, 0.25) is 0 Å². The van der Waals surface area contributed by atoms with Crippen molar-refractivity contribution >= 4 is 65.4 Å². The standard InChI is InChI=1S/C68H46O2/c1-67(2)55-38-54(44-33-29-42(30-34-44)48-24-14-18-40-16-6-8-20-46(40)48)65-62(50-22-10-12-26-58(50)69-65)60(55)51-35-36-52-61-56(68(3,4)64(52)63(51)67)37-53(59-49-21-9-11-25-57(49)70-66(59)61)43-31-27-41(28-32-43)47-23-13-17-39-15-5-7-19-45(39)47/h5-38H,1-4H3. The Bertz CT molecular complexity index is 4370. The van der Waals surface area contributed by atoms with E-state index in [9.17, 15) is 0 Å². The van der Waals surface area contributed by atoms with Crippen LogP contribution in [0, 0.1) is 0 Å². The second-order valence-electron chi connectivity index (χ2n) is 20.7. The maximum Gasteiger partial charge on any atom is 0.144 e. The highest BCUT2D eigenvalue weighted by Gasteiger charge is 2.48. The van der Waals surface area contributed by atoms with E-state index < -0.39 is 0 Å². The fourth-order valence-corrected chi connectivity index (χ4v) is 13.0. The van der Waals surface area contributed by atoms with Crippen LogP contribution in [0.5, 0.6) is 0 Å². The van der Waals surface area contributed by atoms with Crippen LogP contribution in [0.4, 0.5) is 0 Å². The quantitative estimate of drug-likeness (QED) is 0.176. The molecular formula is C68H46O2. The lowest BCUT2D eigenvalue weighted by molar-refractivity contribution is 0.601. The first-order valence-electron chi connectivity index (χ1n) is 24.6. The molecule has 0 radical (unpaired) electrons. The molecule has 0 aliphatic heterocycles. The molecule has 0 N–H and O–H groups in total. The highest BCUT2D eigenvalue weighted by Crippen LogP contribution is 2.63. The third-order valence-corrected chi connectivity index (χ3v) is 16.2. The Kier molecular flexibility index (Phi) is 7.94. The summed E-state index contributed by atoms with van der Waals surface area (Å²) in [5.74, 6) is 0. The van der Waals surface area contributed by atoms with Gasteiger partial charge in [0.05, 0.1) is 0 Å². The topological polar surface area (TPSA) is 26.3 Å². The van der Waals surface area contributed by atoms with Crippen molar-refractivity contribution in [2.24, 2.45) is 0 Å². The number of hydrogen-bond acceptors (Lipinski definition) is 2. The zero-order valence-corrected chi connectivity index (χ0v) is 39.4. The lowest BCUT2D eigenvalue weighted by atomic mass is 9.72. The molecule has 2 nitrogen and oxygen atoms in total. The van der Waals surface area contributed by atoms with Crippen molar-refractivity contribution in [3.63, 3.8) is 0 Å². The van der Waals surface area contributed by atoms with Gasteiger partial charge < -0.3 is 8.83 Å². The zero-order chi connectivity index (χ0) is 46.6. The van der Waals surface area contributed by atoms with Gasteiger partial charge in [-0.3, -0.25) is 0 Å². The minimum atomic E-state index is -0.349. The predicted molar refractivity (Wildman–Crippen MR) is 293 cm³/mol. The monoisotopic (exact) mass is 894 g/mol. The highest BCUT2D eigenvalue weighted by molar-refractivity contribution is 6.21. The summed E-state index contributed by atoms with van der Waals surface area (Å²) in [5, 5.41) is 9.67. The van der Waals surface area contributed by atoms with E-state index in [1.807, 2.05) is 0 Å². The summed E-state index contributed by atoms with van der Waals surface area (Å²) in [7, 11) is 0. The third-order valence-electron chi connectivity index (χ3n) is 16.2. The second kappa shape index (κ2) is 14.1. The lowest BCUT2D eigenvalue weighted by Crippen LogP contribution is -2.24. The number of hydrogen-bond donors (Lipinski definition) is 0. The van der Waals surface area contributed by atoms with E-state index in [1.54, 1.807) is 0 Å². The Labute approximate surface area is 406 Å². The molecule has 13 aromatic rings. The van der Waals surface area contributed by atoms with Crippen LogP contribution >= 0.6 is 0 Å². The Morgan fingerprint density at radius 2 is 0.700 bits per heavy atom. The average molecular weight is 895 g/mol. The molecule has 0 saturated carbocycles. The number of furan rings is 2. The molecule has 11 aromatic carbocycles. The molecule has 0 spiro atoms. The van der Waals surface area contributed by atoms with Crippen molar-refractivity contribution in [2.75, 3.05) is 0 Å². The molecule has 2 heteroatoms. The number of benzene rings is 11.